The Labute approximate surface area is 691 Å². The van der Waals surface area contributed by atoms with Gasteiger partial charge in [-0.3, -0.25) is 34.3 Å². The van der Waals surface area contributed by atoms with Crippen LogP contribution in [0.5, 0.6) is 0 Å². The van der Waals surface area contributed by atoms with E-state index in [-0.39, 0.29) is 64.3 Å². The largest absolute Gasteiger partial charge is 0.381 e. The number of hydrogen-bond donors (Lipinski definition) is 6. The molecule has 6 atom stereocenters. The minimum atomic E-state index is -1.13. The predicted octanol–water partition coefficient (Wildman–Crippen LogP) is 11.7. The molecular weight excluding hydrogens is 1430 g/mol. The molecular formula is C90H178F2N14O7. The molecule has 0 spiro atoms. The highest BCUT2D eigenvalue weighted by Crippen LogP contribution is 2.33. The van der Waals surface area contributed by atoms with Crippen LogP contribution in [-0.2, 0) is 33.2 Å². The Morgan fingerprint density at radius 3 is 1.25 bits per heavy atom. The molecule has 664 valence electrons. The van der Waals surface area contributed by atoms with Gasteiger partial charge in [0.2, 0.25) is 0 Å². The maximum Gasteiger partial charge on any atom is 0.136 e. The summed E-state index contributed by atoms with van der Waals surface area (Å²) in [4.78, 5) is 17.6. The van der Waals surface area contributed by atoms with Crippen molar-refractivity contribution >= 4 is 0 Å². The number of alkyl halides is 2. The Hall–Kier alpha value is -1.45. The summed E-state index contributed by atoms with van der Waals surface area (Å²) in [6.45, 7) is 78.4. The van der Waals surface area contributed by atoms with E-state index in [0.29, 0.717) is 31.5 Å². The summed E-state index contributed by atoms with van der Waals surface area (Å²) in [5.41, 5.74) is -0.0692. The molecule has 3 unspecified atom stereocenters. The van der Waals surface area contributed by atoms with Crippen molar-refractivity contribution in [3.8, 4) is 6.07 Å². The van der Waals surface area contributed by atoms with Crippen LogP contribution in [0.15, 0.2) is 0 Å². The monoisotopic (exact) mass is 1610 g/mol. The van der Waals surface area contributed by atoms with Crippen LogP contribution in [0.3, 0.4) is 0 Å². The van der Waals surface area contributed by atoms with Crippen molar-refractivity contribution in [1.29, 1.82) is 5.26 Å². The molecule has 0 radical (unpaired) electrons. The van der Waals surface area contributed by atoms with Gasteiger partial charge in [-0.25, -0.2) is 8.78 Å². The van der Waals surface area contributed by atoms with E-state index in [1.165, 1.54) is 110 Å². The number of halogens is 2. The molecule has 12 aliphatic rings. The molecule has 0 aromatic rings. The Balaban J connectivity index is 0.000000208. The van der Waals surface area contributed by atoms with Crippen LogP contribution in [0.2, 0.25) is 0 Å². The fourth-order valence-electron chi connectivity index (χ4n) is 17.1. The molecule has 11 aliphatic heterocycles. The molecule has 0 bridgehead atoms. The third-order valence-corrected chi connectivity index (χ3v) is 24.2. The maximum atomic E-state index is 14.7. The van der Waals surface area contributed by atoms with Gasteiger partial charge >= 0.3 is 0 Å². The van der Waals surface area contributed by atoms with Crippen LogP contribution >= 0.6 is 0 Å². The first-order valence-electron chi connectivity index (χ1n) is 45.5. The number of piperidine rings is 1. The number of nitrogens with zero attached hydrogens (tertiary/aromatic N) is 8. The standard InChI is InChI=1S/C19H37N3O.C15H28FNO2.C12H25FN2.2C12H24N2O.C11H21N3O.C9H19NO/c1-19(2,3)20-16-4-6-17(7-5-16)21-10-12-22(13-11-21)18-8-14-23-15-9-18;1-14(2,3)19-12-15(16)6-8-17(9-7-15)13-4-10-18-11-5-13;1-5-11(8-13)15-7-6-10(9-15)14-12(2,3)4;2*1-12(2,3)13-6-10-4-5-14(7-10)11-8-15-9-11;1-11(2,3)13-8-10-9-14(5-4-12)6-7-15-10;1-9(2,3)10-6-8-4-5-11-7-8/h16-18,20H,4-15H2,1-3H3;13H,4-12H2,1-3H3;10-11,14H,5-9H2,1-4H3;2*10-11,13H,4-9H2,1-3H3;10,13H,5-9H2,1-3H3;8,10H,4-7H2,1-3H3/t;;10-,11?;2*10-;;/m..010../s1. The summed E-state index contributed by atoms with van der Waals surface area (Å²) in [5, 5.41) is 30.1. The Kier molecular flexibility index (Phi) is 43.5. The summed E-state index contributed by atoms with van der Waals surface area (Å²) in [6, 6.07) is 7.26. The Morgan fingerprint density at radius 1 is 0.416 bits per heavy atom. The first-order valence-corrected chi connectivity index (χ1v) is 45.5. The minimum absolute atomic E-state index is 0.126. The molecule has 6 N–H and O–H groups in total. The maximum absolute atomic E-state index is 14.7. The lowest BCUT2D eigenvalue weighted by atomic mass is 9.88. The average molecular weight is 1610 g/mol. The number of hydrogen-bond acceptors (Lipinski definition) is 21. The quantitative estimate of drug-likeness (QED) is 0.0596. The summed E-state index contributed by atoms with van der Waals surface area (Å²) in [5.74, 6) is 2.42. The van der Waals surface area contributed by atoms with Crippen LogP contribution in [0.4, 0.5) is 8.78 Å². The number of nitrogens with one attached hydrogen (secondary N) is 6. The van der Waals surface area contributed by atoms with Crippen molar-refractivity contribution in [2.24, 2.45) is 17.8 Å². The van der Waals surface area contributed by atoms with E-state index < -0.39 is 5.67 Å². The van der Waals surface area contributed by atoms with Gasteiger partial charge in [-0.2, -0.15) is 5.26 Å². The van der Waals surface area contributed by atoms with E-state index in [0.717, 1.165) is 212 Å². The lowest BCUT2D eigenvalue weighted by molar-refractivity contribution is -0.0898. The van der Waals surface area contributed by atoms with Crippen molar-refractivity contribution < 1.29 is 41.9 Å². The van der Waals surface area contributed by atoms with Gasteiger partial charge in [0, 0.05) is 194 Å². The second kappa shape index (κ2) is 49.0. The molecule has 11 heterocycles. The zero-order chi connectivity index (χ0) is 83.1. The zero-order valence-corrected chi connectivity index (χ0v) is 76.9. The molecule has 12 rings (SSSR count). The van der Waals surface area contributed by atoms with Crippen LogP contribution < -0.4 is 31.9 Å². The van der Waals surface area contributed by atoms with Crippen molar-refractivity contribution in [2.75, 3.05) is 210 Å². The highest BCUT2D eigenvalue weighted by atomic mass is 19.1. The van der Waals surface area contributed by atoms with Gasteiger partial charge in [0.15, 0.2) is 0 Å². The fourth-order valence-corrected chi connectivity index (χ4v) is 17.1. The van der Waals surface area contributed by atoms with Gasteiger partial charge in [-0.05, 0) is 286 Å². The highest BCUT2D eigenvalue weighted by Gasteiger charge is 2.40. The van der Waals surface area contributed by atoms with Crippen LogP contribution in [0.1, 0.15) is 249 Å². The molecule has 12 fully saturated rings. The Bertz CT molecular complexity index is 2470. The van der Waals surface area contributed by atoms with E-state index >= 15 is 0 Å². The van der Waals surface area contributed by atoms with E-state index in [4.69, 9.17) is 38.4 Å². The lowest BCUT2D eigenvalue weighted by Crippen LogP contribution is -2.55. The third-order valence-electron chi connectivity index (χ3n) is 24.2. The van der Waals surface area contributed by atoms with Gasteiger partial charge in [0.05, 0.1) is 82.7 Å². The lowest BCUT2D eigenvalue weighted by Gasteiger charge is -2.45. The third kappa shape index (κ3) is 42.8. The predicted molar refractivity (Wildman–Crippen MR) is 463 cm³/mol. The van der Waals surface area contributed by atoms with E-state index in [9.17, 15) is 8.78 Å². The molecule has 1 saturated carbocycles. The van der Waals surface area contributed by atoms with Gasteiger partial charge in [-0.1, -0.05) is 6.92 Å². The number of likely N-dealkylation sites (tertiary alicyclic amines) is 4. The number of nitriles is 1. The van der Waals surface area contributed by atoms with Gasteiger partial charge in [0.25, 0.3) is 0 Å². The molecule has 1 aliphatic carbocycles. The molecule has 0 aromatic heterocycles. The van der Waals surface area contributed by atoms with Crippen LogP contribution in [-0.4, -0.2) is 344 Å². The van der Waals surface area contributed by atoms with Crippen molar-refractivity contribution in [3.05, 3.63) is 0 Å². The average Bonchev–Trinajstić information content (AvgIpc) is 1.81. The van der Waals surface area contributed by atoms with Gasteiger partial charge < -0.3 is 65.1 Å². The minimum Gasteiger partial charge on any atom is -0.381 e. The van der Waals surface area contributed by atoms with E-state index in [1.54, 1.807) is 0 Å². The fraction of sp³-hybridized carbons (Fsp3) is 0.989. The van der Waals surface area contributed by atoms with Gasteiger partial charge in [0.1, 0.15) is 12.3 Å². The van der Waals surface area contributed by atoms with Crippen molar-refractivity contribution in [1.82, 2.24) is 66.2 Å². The number of morpholine rings is 1. The molecule has 11 saturated heterocycles. The van der Waals surface area contributed by atoms with Crippen molar-refractivity contribution in [3.63, 3.8) is 0 Å². The molecule has 113 heavy (non-hydrogen) atoms. The number of piperazine rings is 1. The van der Waals surface area contributed by atoms with E-state index in [1.807, 2.05) is 20.8 Å². The molecule has 23 heteroatoms. The van der Waals surface area contributed by atoms with E-state index in [2.05, 4.69) is 204 Å². The van der Waals surface area contributed by atoms with Crippen molar-refractivity contribution in [2.45, 2.75) is 348 Å². The highest BCUT2D eigenvalue weighted by molar-refractivity contribution is 4.95. The molecule has 0 aromatic carbocycles. The summed E-state index contributed by atoms with van der Waals surface area (Å²) >= 11 is 0. The second-order valence-corrected chi connectivity index (χ2v) is 42.7. The smallest absolute Gasteiger partial charge is 0.136 e. The number of ether oxygens (including phenoxy) is 7. The van der Waals surface area contributed by atoms with Crippen LogP contribution in [0.25, 0.3) is 0 Å². The normalized spacial score (nSPS) is 28.1. The summed E-state index contributed by atoms with van der Waals surface area (Å²) < 4.78 is 65.3. The van der Waals surface area contributed by atoms with Gasteiger partial charge in [-0.15, -0.1) is 0 Å². The Morgan fingerprint density at radius 2 is 0.850 bits per heavy atom. The first-order chi connectivity index (χ1) is 53.0. The second-order valence-electron chi connectivity index (χ2n) is 42.7. The topological polar surface area (TPSA) is 183 Å². The summed E-state index contributed by atoms with van der Waals surface area (Å²) in [6.07, 6.45) is 17.5. The SMILES string of the molecule is CC(C)(C)NC1CCC(N2CCN(C3CCOCC3)CC2)CC1.CC(C)(C)NCC1CCOC1.CC(C)(C)NCC1CN(CC#N)CCO1.CC(C)(C)NC[C@@H]1CCN(C2COC2)C1.CC(C)(C)NC[C@H]1CCN(C2COC2)C1.CC(C)(C)OCC1(F)CCN(C2CCOCC2)CC1.CCC(CF)N1CC[C@H](NC(C)(C)C)C1. The molecule has 21 nitrogen and oxygen atoms in total. The van der Waals surface area contributed by atoms with Crippen LogP contribution in [0, 0.1) is 29.1 Å². The summed E-state index contributed by atoms with van der Waals surface area (Å²) in [7, 11) is 0. The number of rotatable bonds is 21. The first kappa shape index (κ1) is 100. The molecule has 0 amide bonds. The zero-order valence-electron chi connectivity index (χ0n) is 76.9.